The number of rotatable bonds is 3. The molecule has 3 heterocycles. The first kappa shape index (κ1) is 25.1. The summed E-state index contributed by atoms with van der Waals surface area (Å²) in [6.45, 7) is 15.8. The van der Waals surface area contributed by atoms with Gasteiger partial charge >= 0.3 is 0 Å². The quantitative estimate of drug-likeness (QED) is 0.202. The van der Waals surface area contributed by atoms with Crippen LogP contribution in [0.25, 0.3) is 75.8 Å². The first-order valence-corrected chi connectivity index (χ1v) is 14.0. The lowest BCUT2D eigenvalue weighted by Gasteiger charge is -2.20. The van der Waals surface area contributed by atoms with Crippen molar-refractivity contribution >= 4 is 55.0 Å². The summed E-state index contributed by atoms with van der Waals surface area (Å²) in [6, 6.07) is 37.8. The number of aromatic nitrogens is 3. The van der Waals surface area contributed by atoms with Crippen molar-refractivity contribution in [2.45, 2.75) is 0 Å². The van der Waals surface area contributed by atoms with Gasteiger partial charge in [-0.1, -0.05) is 78.9 Å². The third-order valence-corrected chi connectivity index (χ3v) is 8.27. The fourth-order valence-corrected chi connectivity index (χ4v) is 6.42. The van der Waals surface area contributed by atoms with Gasteiger partial charge in [-0.15, -0.1) is 0 Å². The Morgan fingerprint density at radius 1 is 0.591 bits per heavy atom. The van der Waals surface area contributed by atoms with Crippen LogP contribution in [0.1, 0.15) is 5.56 Å². The third kappa shape index (κ3) is 3.55. The molecule has 0 N–H and O–H groups in total. The molecule has 0 fully saturated rings. The molecule has 44 heavy (non-hydrogen) atoms. The minimum absolute atomic E-state index is 0.516. The van der Waals surface area contributed by atoms with E-state index in [1.54, 1.807) is 0 Å². The highest BCUT2D eigenvalue weighted by molar-refractivity contribution is 6.12. The monoisotopic (exact) mass is 560 g/mol. The Morgan fingerprint density at radius 3 is 1.80 bits per heavy atom. The van der Waals surface area contributed by atoms with Crippen LogP contribution in [0.15, 0.2) is 122 Å². The summed E-state index contributed by atoms with van der Waals surface area (Å²) < 4.78 is 4.30. The minimum Gasteiger partial charge on any atom is -0.308 e. The number of fused-ring (bicyclic) bond motifs is 6. The van der Waals surface area contributed by atoms with Gasteiger partial charge in [-0.3, -0.25) is 4.98 Å². The lowest BCUT2D eigenvalue weighted by molar-refractivity contribution is 1.09. The normalized spacial score (nSPS) is 11.1. The van der Waals surface area contributed by atoms with Gasteiger partial charge < -0.3 is 9.13 Å². The summed E-state index contributed by atoms with van der Waals surface area (Å²) in [7, 11) is 0. The molecule has 0 saturated carbocycles. The van der Waals surface area contributed by atoms with E-state index in [2.05, 4.69) is 49.2 Å². The number of para-hydroxylation sites is 3. The van der Waals surface area contributed by atoms with Crippen LogP contribution in [-0.4, -0.2) is 14.1 Å². The SMILES string of the molecule is [C-]#[N+]c1ccc2c3ccccc3n(-c3cncc(-n4c5ccccc5c5ccc(C#N)cc54)c3-c3ccccc3[N+]#[C-])c2c1. The van der Waals surface area contributed by atoms with Crippen molar-refractivity contribution in [1.29, 1.82) is 5.26 Å². The molecule has 0 atom stereocenters. The zero-order valence-electron chi connectivity index (χ0n) is 23.2. The van der Waals surface area contributed by atoms with Gasteiger partial charge in [0.25, 0.3) is 0 Å². The number of hydrogen-bond donors (Lipinski definition) is 0. The maximum Gasteiger partial charge on any atom is 0.195 e. The highest BCUT2D eigenvalue weighted by Gasteiger charge is 2.23. The Bertz CT molecular complexity index is 2450. The highest BCUT2D eigenvalue weighted by Crippen LogP contribution is 2.44. The van der Waals surface area contributed by atoms with Crippen molar-refractivity contribution in [3.05, 3.63) is 150 Å². The molecule has 8 rings (SSSR count). The van der Waals surface area contributed by atoms with Crippen molar-refractivity contribution in [1.82, 2.24) is 14.1 Å². The molecule has 8 aromatic rings. The van der Waals surface area contributed by atoms with Crippen LogP contribution < -0.4 is 0 Å². The van der Waals surface area contributed by atoms with E-state index in [1.807, 2.05) is 97.3 Å². The second-order valence-corrected chi connectivity index (χ2v) is 10.5. The molecule has 0 amide bonds. The predicted octanol–water partition coefficient (Wildman–Crippen LogP) is 9.92. The van der Waals surface area contributed by atoms with Crippen LogP contribution in [0, 0.1) is 24.5 Å². The zero-order chi connectivity index (χ0) is 29.8. The van der Waals surface area contributed by atoms with E-state index in [9.17, 15) is 5.26 Å². The lowest BCUT2D eigenvalue weighted by Crippen LogP contribution is -2.05. The third-order valence-electron chi connectivity index (χ3n) is 8.27. The Labute approximate surface area is 252 Å². The highest BCUT2D eigenvalue weighted by atomic mass is 15.0. The van der Waals surface area contributed by atoms with Gasteiger partial charge in [0.2, 0.25) is 0 Å². The van der Waals surface area contributed by atoms with Gasteiger partial charge in [-0.25, -0.2) is 9.69 Å². The molecule has 0 aliphatic rings. The van der Waals surface area contributed by atoms with Crippen molar-refractivity contribution in [2.24, 2.45) is 0 Å². The fourth-order valence-electron chi connectivity index (χ4n) is 6.42. The molecule has 202 valence electrons. The predicted molar refractivity (Wildman–Crippen MR) is 176 cm³/mol. The van der Waals surface area contributed by atoms with Crippen LogP contribution >= 0.6 is 0 Å². The van der Waals surface area contributed by atoms with Gasteiger partial charge in [-0.05, 0) is 35.9 Å². The molecular formula is C38H20N6. The van der Waals surface area contributed by atoms with E-state index in [-0.39, 0.29) is 0 Å². The van der Waals surface area contributed by atoms with Gasteiger partial charge in [-0.2, -0.15) is 5.26 Å². The van der Waals surface area contributed by atoms with Crippen LogP contribution in [0.5, 0.6) is 0 Å². The average molecular weight is 561 g/mol. The van der Waals surface area contributed by atoms with E-state index in [0.717, 1.165) is 66.1 Å². The standard InChI is InChI=1S/C38H20N6/c1-40-25-16-18-29-27-10-5-8-14-33(27)44(35(29)20-25)37-23-42-22-36(38(37)30-11-3-6-12-31(30)41-2)43-32-13-7-4-9-26(32)28-17-15-24(21-39)19-34(28)43/h3-20,22-23H. The van der Waals surface area contributed by atoms with Crippen LogP contribution in [0.2, 0.25) is 0 Å². The molecule has 0 aliphatic heterocycles. The lowest BCUT2D eigenvalue weighted by atomic mass is 10.0. The van der Waals surface area contributed by atoms with Crippen molar-refractivity contribution in [3.8, 4) is 28.6 Å². The summed E-state index contributed by atoms with van der Waals surface area (Å²) in [5.74, 6) is 0. The van der Waals surface area contributed by atoms with E-state index >= 15 is 0 Å². The molecular weight excluding hydrogens is 540 g/mol. The largest absolute Gasteiger partial charge is 0.308 e. The Morgan fingerprint density at radius 2 is 1.16 bits per heavy atom. The van der Waals surface area contributed by atoms with Crippen molar-refractivity contribution in [2.75, 3.05) is 0 Å². The number of nitriles is 1. The second-order valence-electron chi connectivity index (χ2n) is 10.5. The first-order valence-electron chi connectivity index (χ1n) is 14.0. The smallest absolute Gasteiger partial charge is 0.195 e. The van der Waals surface area contributed by atoms with Gasteiger partial charge in [0.15, 0.2) is 11.4 Å². The van der Waals surface area contributed by atoms with Crippen molar-refractivity contribution in [3.63, 3.8) is 0 Å². The molecule has 6 heteroatoms. The number of benzene rings is 5. The number of nitrogens with zero attached hydrogens (tertiary/aromatic N) is 6. The van der Waals surface area contributed by atoms with E-state index in [1.165, 1.54) is 0 Å². The van der Waals surface area contributed by atoms with Crippen LogP contribution in [-0.2, 0) is 0 Å². The Balaban J connectivity index is 1.60. The van der Waals surface area contributed by atoms with Gasteiger partial charge in [0, 0.05) is 32.6 Å². The summed E-state index contributed by atoms with van der Waals surface area (Å²) in [4.78, 5) is 12.5. The maximum atomic E-state index is 9.82. The van der Waals surface area contributed by atoms with Crippen LogP contribution in [0.4, 0.5) is 11.4 Å². The maximum absolute atomic E-state index is 9.82. The Hall–Kier alpha value is -6.68. The number of hydrogen-bond acceptors (Lipinski definition) is 2. The molecule has 3 aromatic heterocycles. The van der Waals surface area contributed by atoms with E-state index in [4.69, 9.17) is 18.1 Å². The van der Waals surface area contributed by atoms with Crippen LogP contribution in [0.3, 0.4) is 0 Å². The summed E-state index contributed by atoms with van der Waals surface area (Å²) in [6.07, 6.45) is 3.67. The fraction of sp³-hybridized carbons (Fsp3) is 0. The summed E-state index contributed by atoms with van der Waals surface area (Å²) >= 11 is 0. The van der Waals surface area contributed by atoms with Gasteiger partial charge in [0.05, 0.1) is 65.1 Å². The molecule has 5 aromatic carbocycles. The average Bonchev–Trinajstić information content (AvgIpc) is 3.59. The molecule has 0 bridgehead atoms. The minimum atomic E-state index is 0.516. The zero-order valence-corrected chi connectivity index (χ0v) is 23.2. The topological polar surface area (TPSA) is 55.3 Å². The van der Waals surface area contributed by atoms with Crippen molar-refractivity contribution < 1.29 is 0 Å². The molecule has 0 spiro atoms. The van der Waals surface area contributed by atoms with E-state index < -0.39 is 0 Å². The molecule has 0 radical (unpaired) electrons. The molecule has 0 saturated heterocycles. The summed E-state index contributed by atoms with van der Waals surface area (Å²) in [5, 5.41) is 14.0. The molecule has 0 aliphatic carbocycles. The van der Waals surface area contributed by atoms with Gasteiger partial charge in [0.1, 0.15) is 0 Å². The second kappa shape index (κ2) is 9.71. The Kier molecular flexibility index (Phi) is 5.53. The molecule has 6 nitrogen and oxygen atoms in total. The van der Waals surface area contributed by atoms with E-state index in [0.29, 0.717) is 16.9 Å². The molecule has 0 unspecified atom stereocenters. The summed E-state index contributed by atoms with van der Waals surface area (Å²) in [5.41, 5.74) is 8.48. The number of pyridine rings is 1. The first-order chi connectivity index (χ1) is 21.7.